The van der Waals surface area contributed by atoms with Crippen LogP contribution >= 0.6 is 0 Å². The molecule has 1 aliphatic heterocycles. The lowest BCUT2D eigenvalue weighted by Crippen LogP contribution is -2.38. The molecule has 0 spiro atoms. The second kappa shape index (κ2) is 7.87. The molecule has 144 valence electrons. The van der Waals surface area contributed by atoms with Crippen molar-refractivity contribution < 1.29 is 22.7 Å². The lowest BCUT2D eigenvalue weighted by Gasteiger charge is -2.22. The van der Waals surface area contributed by atoms with Gasteiger partial charge in [-0.3, -0.25) is 9.10 Å². The fraction of sp³-hybridized carbons (Fsp3) is 0.316. The fourth-order valence-electron chi connectivity index (χ4n) is 2.87. The molecule has 0 aromatic heterocycles. The number of aryl methyl sites for hydroxylation is 1. The van der Waals surface area contributed by atoms with Gasteiger partial charge < -0.3 is 14.8 Å². The first-order valence-corrected chi connectivity index (χ1v) is 10.4. The lowest BCUT2D eigenvalue weighted by atomic mass is 10.1. The molecule has 2 aromatic rings. The Bertz CT molecular complexity index is 943. The molecule has 1 N–H and O–H groups in total. The number of carbonyl (C=O) groups excluding carboxylic acids is 1. The molecular weight excluding hydrogens is 368 g/mol. The summed E-state index contributed by atoms with van der Waals surface area (Å²) in [6.45, 7) is 2.39. The van der Waals surface area contributed by atoms with Gasteiger partial charge in [0.25, 0.3) is 0 Å². The fourth-order valence-corrected chi connectivity index (χ4v) is 3.79. The third-order valence-corrected chi connectivity index (χ3v) is 5.49. The van der Waals surface area contributed by atoms with E-state index in [1.807, 2.05) is 31.2 Å². The Morgan fingerprint density at radius 3 is 2.63 bits per heavy atom. The zero-order valence-corrected chi connectivity index (χ0v) is 16.1. The number of hydrogen-bond donors (Lipinski definition) is 1. The Hall–Kier alpha value is -2.74. The number of nitrogens with zero attached hydrogens (tertiary/aromatic N) is 1. The molecule has 1 amide bonds. The number of fused-ring (bicyclic) bond motifs is 1. The number of amides is 1. The van der Waals surface area contributed by atoms with Crippen molar-refractivity contribution in [3.05, 3.63) is 53.6 Å². The van der Waals surface area contributed by atoms with Gasteiger partial charge >= 0.3 is 0 Å². The zero-order valence-electron chi connectivity index (χ0n) is 15.3. The number of ether oxygens (including phenoxy) is 2. The van der Waals surface area contributed by atoms with Crippen LogP contribution in [0.25, 0.3) is 0 Å². The third-order valence-electron chi connectivity index (χ3n) is 4.29. The summed E-state index contributed by atoms with van der Waals surface area (Å²) < 4.78 is 36.2. The minimum absolute atomic E-state index is 0.118. The van der Waals surface area contributed by atoms with Gasteiger partial charge in [-0.15, -0.1) is 0 Å². The molecular formula is C19H22N2O5S. The van der Waals surface area contributed by atoms with Crippen molar-refractivity contribution in [1.82, 2.24) is 5.32 Å². The van der Waals surface area contributed by atoms with Crippen molar-refractivity contribution in [3.8, 4) is 11.5 Å². The highest BCUT2D eigenvalue weighted by Gasteiger charge is 2.21. The van der Waals surface area contributed by atoms with E-state index in [2.05, 4.69) is 5.32 Å². The first-order valence-electron chi connectivity index (χ1n) is 8.53. The second-order valence-corrected chi connectivity index (χ2v) is 8.23. The van der Waals surface area contributed by atoms with Crippen LogP contribution in [0.3, 0.4) is 0 Å². The standard InChI is InChI=1S/C19H22N2O5S/c1-14-5-3-4-6-15(14)11-19(22)20-9-10-21(27(2,23)24)16-7-8-17-18(12-16)26-13-25-17/h3-8,12H,9-11,13H2,1-2H3,(H,20,22). The van der Waals surface area contributed by atoms with E-state index in [1.165, 1.54) is 4.31 Å². The topological polar surface area (TPSA) is 84.9 Å². The highest BCUT2D eigenvalue weighted by atomic mass is 32.2. The number of rotatable bonds is 7. The van der Waals surface area contributed by atoms with Crippen LogP contribution < -0.4 is 19.1 Å². The predicted octanol–water partition coefficient (Wildman–Crippen LogP) is 1.85. The Balaban J connectivity index is 1.63. The quantitative estimate of drug-likeness (QED) is 0.780. The van der Waals surface area contributed by atoms with E-state index < -0.39 is 10.0 Å². The van der Waals surface area contributed by atoms with Crippen LogP contribution in [0.2, 0.25) is 0 Å². The summed E-state index contributed by atoms with van der Waals surface area (Å²) in [5, 5.41) is 2.78. The van der Waals surface area contributed by atoms with Crippen LogP contribution in [-0.2, 0) is 21.2 Å². The molecule has 0 radical (unpaired) electrons. The van der Waals surface area contributed by atoms with E-state index >= 15 is 0 Å². The van der Waals surface area contributed by atoms with Gasteiger partial charge in [0.2, 0.25) is 22.7 Å². The summed E-state index contributed by atoms with van der Waals surface area (Å²) in [5.41, 5.74) is 2.46. The number of hydrogen-bond acceptors (Lipinski definition) is 5. The molecule has 3 rings (SSSR count). The van der Waals surface area contributed by atoms with Crippen LogP contribution in [0, 0.1) is 6.92 Å². The van der Waals surface area contributed by atoms with Crippen LogP contribution in [0.1, 0.15) is 11.1 Å². The van der Waals surface area contributed by atoms with Gasteiger partial charge in [0.15, 0.2) is 11.5 Å². The summed E-state index contributed by atoms with van der Waals surface area (Å²) in [7, 11) is -3.51. The Kier molecular flexibility index (Phi) is 5.55. The molecule has 0 bridgehead atoms. The first kappa shape index (κ1) is 19.0. The first-order chi connectivity index (χ1) is 12.8. The van der Waals surface area contributed by atoms with E-state index in [9.17, 15) is 13.2 Å². The molecule has 7 nitrogen and oxygen atoms in total. The molecule has 0 aliphatic carbocycles. The molecule has 1 heterocycles. The summed E-state index contributed by atoms with van der Waals surface area (Å²) >= 11 is 0. The number of anilines is 1. The molecule has 0 saturated heterocycles. The molecule has 0 fully saturated rings. The number of sulfonamides is 1. The smallest absolute Gasteiger partial charge is 0.232 e. The SMILES string of the molecule is Cc1ccccc1CC(=O)NCCN(c1ccc2c(c1)OCO2)S(C)(=O)=O. The molecule has 27 heavy (non-hydrogen) atoms. The van der Waals surface area contributed by atoms with Crippen LogP contribution in [0.4, 0.5) is 5.69 Å². The van der Waals surface area contributed by atoms with Crippen LogP contribution in [0.5, 0.6) is 11.5 Å². The van der Waals surface area contributed by atoms with Gasteiger partial charge in [0.1, 0.15) is 0 Å². The van der Waals surface area contributed by atoms with Gasteiger partial charge in [-0.2, -0.15) is 0 Å². The van der Waals surface area contributed by atoms with Gasteiger partial charge in [0, 0.05) is 12.6 Å². The summed E-state index contributed by atoms with van der Waals surface area (Å²) in [6.07, 6.45) is 1.39. The van der Waals surface area contributed by atoms with Crippen molar-refractivity contribution in [1.29, 1.82) is 0 Å². The van der Waals surface area contributed by atoms with Crippen molar-refractivity contribution in [2.45, 2.75) is 13.3 Å². The van der Waals surface area contributed by atoms with Crippen molar-refractivity contribution in [3.63, 3.8) is 0 Å². The van der Waals surface area contributed by atoms with E-state index in [1.54, 1.807) is 18.2 Å². The third kappa shape index (κ3) is 4.71. The van der Waals surface area contributed by atoms with Crippen molar-refractivity contribution >= 4 is 21.6 Å². The zero-order chi connectivity index (χ0) is 19.4. The van der Waals surface area contributed by atoms with E-state index in [0.717, 1.165) is 17.4 Å². The van der Waals surface area contributed by atoms with E-state index in [0.29, 0.717) is 17.2 Å². The molecule has 0 atom stereocenters. The van der Waals surface area contributed by atoms with E-state index in [4.69, 9.17) is 9.47 Å². The second-order valence-electron chi connectivity index (χ2n) is 6.33. The molecule has 2 aromatic carbocycles. The highest BCUT2D eigenvalue weighted by molar-refractivity contribution is 7.92. The van der Waals surface area contributed by atoms with E-state index in [-0.39, 0.29) is 32.2 Å². The van der Waals surface area contributed by atoms with Crippen LogP contribution in [0.15, 0.2) is 42.5 Å². The monoisotopic (exact) mass is 390 g/mol. The van der Waals surface area contributed by atoms with Crippen LogP contribution in [-0.4, -0.2) is 40.5 Å². The molecule has 8 heteroatoms. The average Bonchev–Trinajstić information content (AvgIpc) is 3.07. The van der Waals surface area contributed by atoms with Gasteiger partial charge in [0.05, 0.1) is 24.9 Å². The van der Waals surface area contributed by atoms with Crippen molar-refractivity contribution in [2.75, 3.05) is 30.4 Å². The molecule has 0 saturated carbocycles. The average molecular weight is 390 g/mol. The maximum atomic E-state index is 12.2. The maximum absolute atomic E-state index is 12.2. The van der Waals surface area contributed by atoms with Gasteiger partial charge in [-0.05, 0) is 30.2 Å². The largest absolute Gasteiger partial charge is 0.454 e. The molecule has 0 unspecified atom stereocenters. The number of nitrogens with one attached hydrogen (secondary N) is 1. The summed E-state index contributed by atoms with van der Waals surface area (Å²) in [5.74, 6) is 0.937. The summed E-state index contributed by atoms with van der Waals surface area (Å²) in [4.78, 5) is 12.2. The minimum atomic E-state index is -3.51. The number of carbonyl (C=O) groups is 1. The van der Waals surface area contributed by atoms with Gasteiger partial charge in [-0.1, -0.05) is 24.3 Å². The number of benzene rings is 2. The predicted molar refractivity (Wildman–Crippen MR) is 103 cm³/mol. The maximum Gasteiger partial charge on any atom is 0.232 e. The Morgan fingerprint density at radius 1 is 1.15 bits per heavy atom. The minimum Gasteiger partial charge on any atom is -0.454 e. The normalized spacial score (nSPS) is 12.7. The Morgan fingerprint density at radius 2 is 1.89 bits per heavy atom. The Labute approximate surface area is 158 Å². The van der Waals surface area contributed by atoms with Gasteiger partial charge in [-0.25, -0.2) is 8.42 Å². The molecule has 1 aliphatic rings. The lowest BCUT2D eigenvalue weighted by molar-refractivity contribution is -0.120. The van der Waals surface area contributed by atoms with Crippen molar-refractivity contribution in [2.24, 2.45) is 0 Å². The summed E-state index contributed by atoms with van der Waals surface area (Å²) in [6, 6.07) is 12.6. The highest BCUT2D eigenvalue weighted by Crippen LogP contribution is 2.35.